The number of piperidine rings is 1. The number of likely N-dealkylation sites (tertiary alicyclic amines) is 1. The number of anilines is 1. The van der Waals surface area contributed by atoms with Crippen molar-refractivity contribution < 1.29 is 13.7 Å². The molecule has 0 radical (unpaired) electrons. The molecule has 2 aliphatic rings. The summed E-state index contributed by atoms with van der Waals surface area (Å²) in [5.41, 5.74) is 7.25. The Morgan fingerprint density at radius 3 is 3.08 bits per heavy atom. The highest BCUT2D eigenvalue weighted by molar-refractivity contribution is 7.85. The molecule has 3 N–H and O–H groups in total. The number of hydrogen-bond donors (Lipinski definition) is 2. The Hall–Kier alpha value is -2.09. The fraction of sp³-hybridized carbons (Fsp3) is 0.556. The zero-order valence-corrected chi connectivity index (χ0v) is 16.1. The smallest absolute Gasteiger partial charge is 0.245 e. The summed E-state index contributed by atoms with van der Waals surface area (Å²) >= 11 is -1.55. The fourth-order valence-corrected chi connectivity index (χ4v) is 4.04. The lowest BCUT2D eigenvalue weighted by Crippen LogP contribution is -2.42. The molecule has 0 aliphatic carbocycles. The Labute approximate surface area is 156 Å². The molecule has 7 nitrogen and oxygen atoms in total. The minimum absolute atomic E-state index is 0.213. The highest BCUT2D eigenvalue weighted by atomic mass is 32.2. The summed E-state index contributed by atoms with van der Waals surface area (Å²) < 4.78 is 24.2. The van der Waals surface area contributed by atoms with Gasteiger partial charge in [-0.25, -0.2) is 4.21 Å². The van der Waals surface area contributed by atoms with Crippen LogP contribution in [0.1, 0.15) is 38.7 Å². The minimum Gasteiger partial charge on any atom is -0.492 e. The summed E-state index contributed by atoms with van der Waals surface area (Å²) in [5, 5.41) is 0. The van der Waals surface area contributed by atoms with Crippen LogP contribution in [0.5, 0.6) is 5.75 Å². The number of rotatable bonds is 5. The molecule has 0 spiro atoms. The molecule has 8 heteroatoms. The number of nitrogens with one attached hydrogen (secondary N) is 1. The Morgan fingerprint density at radius 1 is 1.50 bits per heavy atom. The van der Waals surface area contributed by atoms with E-state index in [1.54, 1.807) is 6.07 Å². The lowest BCUT2D eigenvalue weighted by molar-refractivity contribution is -0.134. The number of ether oxygens (including phenoxy) is 1. The Balaban J connectivity index is 1.64. The van der Waals surface area contributed by atoms with Crippen molar-refractivity contribution in [2.24, 2.45) is 22.0 Å². The first-order chi connectivity index (χ1) is 12.4. The van der Waals surface area contributed by atoms with Crippen molar-refractivity contribution in [3.63, 3.8) is 0 Å². The third-order valence-electron chi connectivity index (χ3n) is 4.59. The van der Waals surface area contributed by atoms with Crippen molar-refractivity contribution in [2.75, 3.05) is 24.4 Å². The molecule has 2 atom stereocenters. The van der Waals surface area contributed by atoms with E-state index in [1.165, 1.54) is 0 Å². The Morgan fingerprint density at radius 2 is 2.31 bits per heavy atom. The highest BCUT2D eigenvalue weighted by Crippen LogP contribution is 2.30. The second kappa shape index (κ2) is 8.07. The molecule has 3 rings (SSSR count). The Bertz CT molecular complexity index is 735. The fourth-order valence-electron chi connectivity index (χ4n) is 3.37. The molecule has 1 unspecified atom stereocenters. The molecule has 0 aromatic heterocycles. The van der Waals surface area contributed by atoms with Gasteiger partial charge in [-0.2, -0.15) is 4.40 Å². The van der Waals surface area contributed by atoms with Crippen LogP contribution in [0, 0.1) is 11.8 Å². The van der Waals surface area contributed by atoms with Gasteiger partial charge in [0, 0.05) is 25.4 Å². The van der Waals surface area contributed by atoms with Crippen LogP contribution in [-0.2, 0) is 16.0 Å². The zero-order chi connectivity index (χ0) is 18.7. The van der Waals surface area contributed by atoms with Gasteiger partial charge in [0.15, 0.2) is 0 Å². The predicted molar refractivity (Wildman–Crippen MR) is 103 cm³/mol. The van der Waals surface area contributed by atoms with Gasteiger partial charge in [0.2, 0.25) is 17.1 Å². The van der Waals surface area contributed by atoms with Crippen LogP contribution in [0.15, 0.2) is 22.6 Å². The van der Waals surface area contributed by atoms with E-state index in [9.17, 15) is 9.00 Å². The second-order valence-corrected chi connectivity index (χ2v) is 8.15. The van der Waals surface area contributed by atoms with Gasteiger partial charge >= 0.3 is 0 Å². The van der Waals surface area contributed by atoms with Crippen LogP contribution >= 0.6 is 0 Å². The molecule has 142 valence electrons. The van der Waals surface area contributed by atoms with Gasteiger partial charge in [-0.05, 0) is 30.9 Å². The maximum absolute atomic E-state index is 12.3. The lowest BCUT2D eigenvalue weighted by atomic mass is 9.98. The molecule has 1 aromatic carbocycles. The van der Waals surface area contributed by atoms with Gasteiger partial charge in [0.1, 0.15) is 11.6 Å². The van der Waals surface area contributed by atoms with Gasteiger partial charge < -0.3 is 15.4 Å². The summed E-state index contributed by atoms with van der Waals surface area (Å²) in [6.07, 6.45) is 2.62. The second-order valence-electron chi connectivity index (χ2n) is 7.26. The van der Waals surface area contributed by atoms with Crippen molar-refractivity contribution in [2.45, 2.75) is 33.1 Å². The number of fused-ring (bicyclic) bond motifs is 1. The molecule has 1 saturated heterocycles. The van der Waals surface area contributed by atoms with Crippen molar-refractivity contribution in [1.82, 2.24) is 4.90 Å². The predicted octanol–water partition coefficient (Wildman–Crippen LogP) is 2.06. The average Bonchev–Trinajstić information content (AvgIpc) is 2.59. The molecular formula is C18H26N4O3S. The van der Waals surface area contributed by atoms with Gasteiger partial charge in [-0.1, -0.05) is 19.9 Å². The topological polar surface area (TPSA) is 97.0 Å². The van der Waals surface area contributed by atoms with Crippen LogP contribution in [0.2, 0.25) is 0 Å². The number of nitrogens with two attached hydrogens (primary N) is 1. The largest absolute Gasteiger partial charge is 0.492 e. The maximum Gasteiger partial charge on any atom is 0.245 e. The van der Waals surface area contributed by atoms with E-state index in [0.29, 0.717) is 41.9 Å². The summed E-state index contributed by atoms with van der Waals surface area (Å²) in [6, 6.07) is 5.46. The molecule has 0 saturated carbocycles. The first-order valence-electron chi connectivity index (χ1n) is 9.00. The monoisotopic (exact) mass is 378 g/mol. The van der Waals surface area contributed by atoms with Crippen LogP contribution in [-0.4, -0.2) is 40.5 Å². The van der Waals surface area contributed by atoms with Gasteiger partial charge in [0.05, 0.1) is 17.9 Å². The standard InChI is InChI=1S/C18H26N4O3S/c1-12(2)9-16(23)22-8-4-5-13(10-22)11-25-15-7-3-6-14-17(15)18(19)21-26(24)20-14/h3,6-7,12-13,20H,4-5,8-11H2,1-2H3,(H2,19,21)/t13-,26?/m1/s1. The maximum atomic E-state index is 12.3. The number of amides is 1. The van der Waals surface area contributed by atoms with Crippen molar-refractivity contribution in [3.05, 3.63) is 23.8 Å². The molecule has 0 bridgehead atoms. The third-order valence-corrected chi connectivity index (χ3v) is 5.35. The van der Waals surface area contributed by atoms with E-state index < -0.39 is 11.2 Å². The third kappa shape index (κ3) is 4.35. The lowest BCUT2D eigenvalue weighted by Gasteiger charge is -2.33. The quantitative estimate of drug-likeness (QED) is 0.819. The van der Waals surface area contributed by atoms with Crippen LogP contribution < -0.4 is 15.2 Å². The van der Waals surface area contributed by atoms with Crippen LogP contribution in [0.3, 0.4) is 0 Å². The normalized spacial score (nSPS) is 22.4. The number of benzene rings is 1. The molecule has 2 aliphatic heterocycles. The highest BCUT2D eigenvalue weighted by Gasteiger charge is 2.26. The molecular weight excluding hydrogens is 352 g/mol. The van der Waals surface area contributed by atoms with Gasteiger partial charge in [0.25, 0.3) is 0 Å². The zero-order valence-electron chi connectivity index (χ0n) is 15.2. The van der Waals surface area contributed by atoms with E-state index in [-0.39, 0.29) is 11.7 Å². The van der Waals surface area contributed by atoms with Crippen molar-refractivity contribution in [1.29, 1.82) is 0 Å². The molecule has 1 aromatic rings. The minimum atomic E-state index is -1.55. The van der Waals surface area contributed by atoms with Gasteiger partial charge in [-0.15, -0.1) is 0 Å². The van der Waals surface area contributed by atoms with Crippen LogP contribution in [0.4, 0.5) is 5.69 Å². The van der Waals surface area contributed by atoms with E-state index >= 15 is 0 Å². The van der Waals surface area contributed by atoms with Crippen LogP contribution in [0.25, 0.3) is 0 Å². The number of hydrogen-bond acceptors (Lipinski definition) is 4. The average molecular weight is 378 g/mol. The molecule has 1 amide bonds. The van der Waals surface area contributed by atoms with Gasteiger partial charge in [-0.3, -0.25) is 9.52 Å². The SMILES string of the molecule is CC(C)CC(=O)N1CCC[C@@H](COc2cccc3c2C(N)=NS(=O)N3)C1. The Kier molecular flexibility index (Phi) is 5.80. The first-order valence-corrected chi connectivity index (χ1v) is 10.1. The number of carbonyl (C=O) groups excluding carboxylic acids is 1. The van der Waals surface area contributed by atoms with E-state index in [2.05, 4.69) is 23.0 Å². The summed E-state index contributed by atoms with van der Waals surface area (Å²) in [5.74, 6) is 1.73. The summed E-state index contributed by atoms with van der Waals surface area (Å²) in [6.45, 7) is 6.20. The molecule has 2 heterocycles. The molecule has 1 fully saturated rings. The van der Waals surface area contributed by atoms with Crippen molar-refractivity contribution >= 4 is 28.6 Å². The molecule has 26 heavy (non-hydrogen) atoms. The number of nitrogens with zero attached hydrogens (tertiary/aromatic N) is 2. The first kappa shape index (κ1) is 18.7. The van der Waals surface area contributed by atoms with E-state index in [1.807, 2.05) is 17.0 Å². The van der Waals surface area contributed by atoms with E-state index in [0.717, 1.165) is 25.9 Å². The van der Waals surface area contributed by atoms with Crippen molar-refractivity contribution in [3.8, 4) is 5.75 Å². The summed E-state index contributed by atoms with van der Waals surface area (Å²) in [4.78, 5) is 14.3. The number of amidine groups is 1. The number of carbonyl (C=O) groups is 1. The summed E-state index contributed by atoms with van der Waals surface area (Å²) in [7, 11) is 0. The van der Waals surface area contributed by atoms with E-state index in [4.69, 9.17) is 10.5 Å².